The summed E-state index contributed by atoms with van der Waals surface area (Å²) < 4.78 is 0. The average molecular weight is 543 g/mol. The molecule has 4 aromatic heterocycles. The van der Waals surface area contributed by atoms with Crippen LogP contribution in [0.5, 0.6) is 0 Å². The molecule has 42 heavy (non-hydrogen) atoms. The number of benzene rings is 3. The molecule has 8 heteroatoms. The van der Waals surface area contributed by atoms with Crippen molar-refractivity contribution in [2.24, 2.45) is 0 Å². The van der Waals surface area contributed by atoms with Crippen molar-refractivity contribution < 1.29 is 0 Å². The Kier molecular flexibility index (Phi) is 6.68. The predicted molar refractivity (Wildman–Crippen MR) is 161 cm³/mol. The Bertz CT molecular complexity index is 1740. The first-order valence-corrected chi connectivity index (χ1v) is 13.3. The van der Waals surface area contributed by atoms with E-state index in [2.05, 4.69) is 37.1 Å². The van der Waals surface area contributed by atoms with Crippen LogP contribution in [0.1, 0.15) is 0 Å². The monoisotopic (exact) mass is 542 g/mol. The van der Waals surface area contributed by atoms with E-state index in [4.69, 9.17) is 15.0 Å². The quantitative estimate of drug-likeness (QED) is 0.225. The highest BCUT2D eigenvalue weighted by Crippen LogP contribution is 2.30. The van der Waals surface area contributed by atoms with Crippen molar-refractivity contribution in [1.82, 2.24) is 39.9 Å². The zero-order chi connectivity index (χ0) is 28.1. The van der Waals surface area contributed by atoms with Crippen molar-refractivity contribution in [3.05, 3.63) is 135 Å². The lowest BCUT2D eigenvalue weighted by molar-refractivity contribution is 1.07. The molecule has 198 valence electrons. The fourth-order valence-corrected chi connectivity index (χ4v) is 4.71. The minimum absolute atomic E-state index is 0.564. The van der Waals surface area contributed by atoms with Crippen molar-refractivity contribution in [3.8, 4) is 67.5 Å². The van der Waals surface area contributed by atoms with Gasteiger partial charge in [-0.3, -0.25) is 4.98 Å². The van der Waals surface area contributed by atoms with Crippen LogP contribution in [0.2, 0.25) is 0 Å². The zero-order valence-corrected chi connectivity index (χ0v) is 22.3. The SMILES string of the molecule is c1cncc(-c2cccc(-c3nc(-c4cccc(-c5cncnc5)c4)nc(-c4cccc(-c5cncnc5)c4)n3)c2)c1. The van der Waals surface area contributed by atoms with E-state index >= 15 is 0 Å². The van der Waals surface area contributed by atoms with Gasteiger partial charge in [-0.15, -0.1) is 0 Å². The Labute approximate surface area is 242 Å². The molecule has 3 aromatic carbocycles. The number of hydrogen-bond donors (Lipinski definition) is 0. The van der Waals surface area contributed by atoms with Crippen LogP contribution >= 0.6 is 0 Å². The maximum atomic E-state index is 4.96. The second-order valence-corrected chi connectivity index (χ2v) is 9.54. The predicted octanol–water partition coefficient (Wildman–Crippen LogP) is 6.85. The van der Waals surface area contributed by atoms with E-state index in [0.29, 0.717) is 17.5 Å². The Morgan fingerprint density at radius 2 is 0.667 bits per heavy atom. The summed E-state index contributed by atoms with van der Waals surface area (Å²) >= 11 is 0. The molecule has 0 fully saturated rings. The molecule has 7 aromatic rings. The second-order valence-electron chi connectivity index (χ2n) is 9.54. The van der Waals surface area contributed by atoms with Crippen LogP contribution in [0.3, 0.4) is 0 Å². The molecule has 0 aliphatic heterocycles. The third-order valence-corrected chi connectivity index (χ3v) is 6.78. The van der Waals surface area contributed by atoms with Gasteiger partial charge < -0.3 is 0 Å². The summed E-state index contributed by atoms with van der Waals surface area (Å²) in [6.07, 6.45) is 13.8. The lowest BCUT2D eigenvalue weighted by atomic mass is 10.0. The highest BCUT2D eigenvalue weighted by Gasteiger charge is 2.14. The van der Waals surface area contributed by atoms with E-state index in [1.807, 2.05) is 79.0 Å². The molecule has 0 saturated carbocycles. The minimum Gasteiger partial charge on any atom is -0.264 e. The zero-order valence-electron chi connectivity index (χ0n) is 22.3. The molecule has 0 N–H and O–H groups in total. The van der Waals surface area contributed by atoms with Gasteiger partial charge in [0.1, 0.15) is 12.7 Å². The van der Waals surface area contributed by atoms with Crippen LogP contribution in [-0.4, -0.2) is 39.9 Å². The van der Waals surface area contributed by atoms with E-state index < -0.39 is 0 Å². The fraction of sp³-hybridized carbons (Fsp3) is 0. The molecule has 0 bridgehead atoms. The summed E-state index contributed by atoms with van der Waals surface area (Å²) in [6.45, 7) is 0. The molecule has 8 nitrogen and oxygen atoms in total. The van der Waals surface area contributed by atoms with Gasteiger partial charge in [0.25, 0.3) is 0 Å². The molecule has 7 rings (SSSR count). The van der Waals surface area contributed by atoms with E-state index in [9.17, 15) is 0 Å². The third kappa shape index (κ3) is 5.24. The summed E-state index contributed by atoms with van der Waals surface area (Å²) in [5.41, 5.74) is 8.41. The normalized spacial score (nSPS) is 10.9. The topological polar surface area (TPSA) is 103 Å². The van der Waals surface area contributed by atoms with Crippen LogP contribution in [0.25, 0.3) is 67.5 Å². The summed E-state index contributed by atoms with van der Waals surface area (Å²) in [5, 5.41) is 0. The molecule has 0 spiro atoms. The van der Waals surface area contributed by atoms with Crippen molar-refractivity contribution in [2.45, 2.75) is 0 Å². The lowest BCUT2D eigenvalue weighted by Crippen LogP contribution is -2.00. The number of pyridine rings is 1. The van der Waals surface area contributed by atoms with Gasteiger partial charge in [-0.05, 0) is 41.0 Å². The van der Waals surface area contributed by atoms with Crippen molar-refractivity contribution in [1.29, 1.82) is 0 Å². The smallest absolute Gasteiger partial charge is 0.164 e. The Morgan fingerprint density at radius 1 is 0.310 bits per heavy atom. The summed E-state index contributed by atoms with van der Waals surface area (Å²) in [4.78, 5) is 35.8. The van der Waals surface area contributed by atoms with Gasteiger partial charge >= 0.3 is 0 Å². The van der Waals surface area contributed by atoms with Gasteiger partial charge in [0, 0.05) is 70.6 Å². The average Bonchev–Trinajstić information content (AvgIpc) is 3.09. The standard InChI is InChI=1S/C34H22N8/c1-5-23(29-11-4-12-35-16-29)13-26(8-1)32-40-33(27-9-2-6-24(14-27)30-17-36-21-37-18-30)42-34(41-32)28-10-3-7-25(15-28)31-19-38-22-39-20-31/h1-22H. The Morgan fingerprint density at radius 3 is 1.07 bits per heavy atom. The molecule has 0 unspecified atom stereocenters. The molecule has 4 heterocycles. The van der Waals surface area contributed by atoms with Gasteiger partial charge in [0.15, 0.2) is 17.5 Å². The fourth-order valence-electron chi connectivity index (χ4n) is 4.71. The van der Waals surface area contributed by atoms with Gasteiger partial charge in [0.05, 0.1) is 0 Å². The lowest BCUT2D eigenvalue weighted by Gasteiger charge is -2.11. The molecule has 0 saturated heterocycles. The Hall–Kier alpha value is -6.02. The van der Waals surface area contributed by atoms with E-state index in [1.165, 1.54) is 12.7 Å². The molecule has 0 aliphatic carbocycles. The van der Waals surface area contributed by atoms with Gasteiger partial charge in [-0.2, -0.15) is 0 Å². The van der Waals surface area contributed by atoms with Crippen LogP contribution in [0.4, 0.5) is 0 Å². The van der Waals surface area contributed by atoms with E-state index in [-0.39, 0.29) is 0 Å². The highest BCUT2D eigenvalue weighted by atomic mass is 15.0. The largest absolute Gasteiger partial charge is 0.264 e. The van der Waals surface area contributed by atoms with Crippen molar-refractivity contribution in [3.63, 3.8) is 0 Å². The van der Waals surface area contributed by atoms with Crippen LogP contribution < -0.4 is 0 Å². The van der Waals surface area contributed by atoms with Crippen LogP contribution in [0, 0.1) is 0 Å². The number of nitrogens with zero attached hydrogens (tertiary/aromatic N) is 8. The second kappa shape index (κ2) is 11.2. The molecule has 0 amide bonds. The summed E-state index contributed by atoms with van der Waals surface area (Å²) in [5.74, 6) is 1.70. The van der Waals surface area contributed by atoms with E-state index in [1.54, 1.807) is 31.0 Å². The van der Waals surface area contributed by atoms with Crippen LogP contribution in [0.15, 0.2) is 135 Å². The van der Waals surface area contributed by atoms with Gasteiger partial charge in [0.2, 0.25) is 0 Å². The molecule has 0 aliphatic rings. The first-order chi connectivity index (χ1) is 20.8. The molecular weight excluding hydrogens is 520 g/mol. The van der Waals surface area contributed by atoms with Gasteiger partial charge in [-0.1, -0.05) is 60.7 Å². The molecular formula is C34H22N8. The van der Waals surface area contributed by atoms with Crippen molar-refractivity contribution >= 4 is 0 Å². The maximum Gasteiger partial charge on any atom is 0.164 e. The summed E-state index contributed by atoms with van der Waals surface area (Å²) in [6, 6.07) is 28.2. The Balaban J connectivity index is 1.38. The minimum atomic E-state index is 0.564. The number of rotatable bonds is 6. The van der Waals surface area contributed by atoms with Gasteiger partial charge in [-0.25, -0.2) is 34.9 Å². The maximum absolute atomic E-state index is 4.96. The molecule has 0 atom stereocenters. The summed E-state index contributed by atoms with van der Waals surface area (Å²) in [7, 11) is 0. The first kappa shape index (κ1) is 25.0. The highest BCUT2D eigenvalue weighted by molar-refractivity contribution is 5.75. The number of aromatic nitrogens is 8. The molecule has 0 radical (unpaired) electrons. The third-order valence-electron chi connectivity index (χ3n) is 6.78. The van der Waals surface area contributed by atoms with Crippen molar-refractivity contribution in [2.75, 3.05) is 0 Å². The number of hydrogen-bond acceptors (Lipinski definition) is 8. The first-order valence-electron chi connectivity index (χ1n) is 13.3. The van der Waals surface area contributed by atoms with Crippen LogP contribution in [-0.2, 0) is 0 Å². The van der Waals surface area contributed by atoms with E-state index in [0.717, 1.165) is 50.1 Å².